The van der Waals surface area contributed by atoms with E-state index in [9.17, 15) is 13.2 Å². The Labute approximate surface area is 58.0 Å². The maximum atomic E-state index is 11.8. The average Bonchev–Trinajstić information content (AvgIpc) is 1.80. The van der Waals surface area contributed by atoms with Crippen LogP contribution in [0.3, 0.4) is 0 Å². The molecule has 0 saturated heterocycles. The molecule has 0 atom stereocenters. The molecule has 0 saturated carbocycles. The van der Waals surface area contributed by atoms with Gasteiger partial charge in [0.1, 0.15) is 0 Å². The number of hydrogen-bond acceptors (Lipinski definition) is 0. The van der Waals surface area contributed by atoms with Crippen LogP contribution in [-0.2, 0) is 0 Å². The fraction of sp³-hybridized carbons (Fsp3) is 0.429. The fourth-order valence-corrected chi connectivity index (χ4v) is 0.555. The smallest absolute Gasteiger partial charge is 0.166 e. The highest BCUT2D eigenvalue weighted by atomic mass is 19.4. The van der Waals surface area contributed by atoms with Crippen molar-refractivity contribution in [2.24, 2.45) is 0 Å². The zero-order valence-electron chi connectivity index (χ0n) is 5.70. The van der Waals surface area contributed by atoms with Crippen LogP contribution in [0.2, 0.25) is 0 Å². The third-order valence-electron chi connectivity index (χ3n) is 1.06. The minimum Gasteiger partial charge on any atom is -0.166 e. The van der Waals surface area contributed by atoms with Crippen molar-refractivity contribution in [3.8, 4) is 0 Å². The Morgan fingerprint density at radius 2 is 2.00 bits per heavy atom. The Hall–Kier alpha value is -0.730. The predicted molar refractivity (Wildman–Crippen MR) is 34.6 cm³/mol. The first kappa shape index (κ1) is 9.27. The lowest BCUT2D eigenvalue weighted by atomic mass is 10.2. The molecular weight excluding hydrogens is 141 g/mol. The van der Waals surface area contributed by atoms with Gasteiger partial charge in [-0.1, -0.05) is 25.7 Å². The van der Waals surface area contributed by atoms with E-state index in [1.54, 1.807) is 0 Å². The number of alkyl halides is 3. The Morgan fingerprint density at radius 1 is 1.50 bits per heavy atom. The van der Waals surface area contributed by atoms with Gasteiger partial charge < -0.3 is 0 Å². The highest BCUT2D eigenvalue weighted by Crippen LogP contribution is 2.27. The molecular formula is C7H9F3. The molecule has 0 aromatic rings. The van der Waals surface area contributed by atoms with Crippen molar-refractivity contribution in [1.29, 1.82) is 0 Å². The monoisotopic (exact) mass is 150 g/mol. The van der Waals surface area contributed by atoms with Gasteiger partial charge in [0.2, 0.25) is 0 Å². The summed E-state index contributed by atoms with van der Waals surface area (Å²) in [5.74, 6) is 0. The standard InChI is InChI=1S/C7H9F3/c1-3-5-6(4-2)7(8,9)10/h3,5H,1,4H2,2H3/b6-5+. The van der Waals surface area contributed by atoms with Crippen molar-refractivity contribution in [3.05, 3.63) is 24.3 Å². The molecule has 0 bridgehead atoms. The van der Waals surface area contributed by atoms with Crippen LogP contribution in [0.4, 0.5) is 13.2 Å². The van der Waals surface area contributed by atoms with Crippen molar-refractivity contribution in [2.75, 3.05) is 0 Å². The molecule has 0 spiro atoms. The van der Waals surface area contributed by atoms with Gasteiger partial charge in [-0.15, -0.1) is 0 Å². The van der Waals surface area contributed by atoms with Crippen molar-refractivity contribution >= 4 is 0 Å². The molecule has 10 heavy (non-hydrogen) atoms. The van der Waals surface area contributed by atoms with Gasteiger partial charge in [0.15, 0.2) is 0 Å². The molecule has 0 radical (unpaired) electrons. The summed E-state index contributed by atoms with van der Waals surface area (Å²) in [6, 6.07) is 0. The van der Waals surface area contributed by atoms with E-state index < -0.39 is 11.7 Å². The second-order valence-electron chi connectivity index (χ2n) is 1.78. The van der Waals surface area contributed by atoms with Crippen molar-refractivity contribution in [1.82, 2.24) is 0 Å². The molecule has 0 aliphatic carbocycles. The minimum atomic E-state index is -4.19. The van der Waals surface area contributed by atoms with E-state index in [-0.39, 0.29) is 6.42 Å². The summed E-state index contributed by atoms with van der Waals surface area (Å²) in [6.45, 7) is 4.65. The van der Waals surface area contributed by atoms with E-state index in [1.165, 1.54) is 6.92 Å². The third-order valence-corrected chi connectivity index (χ3v) is 1.06. The molecule has 0 unspecified atom stereocenters. The normalized spacial score (nSPS) is 13.4. The van der Waals surface area contributed by atoms with Gasteiger partial charge in [-0.25, -0.2) is 0 Å². The molecule has 58 valence electrons. The van der Waals surface area contributed by atoms with E-state index in [4.69, 9.17) is 0 Å². The second-order valence-corrected chi connectivity index (χ2v) is 1.78. The molecule has 0 heterocycles. The van der Waals surface area contributed by atoms with Crippen molar-refractivity contribution in [3.63, 3.8) is 0 Å². The highest BCUT2D eigenvalue weighted by molar-refractivity contribution is 5.14. The van der Waals surface area contributed by atoms with E-state index in [0.29, 0.717) is 0 Å². The molecule has 0 aromatic carbocycles. The van der Waals surface area contributed by atoms with E-state index in [1.807, 2.05) is 0 Å². The first-order chi connectivity index (χ1) is 4.52. The average molecular weight is 150 g/mol. The quantitative estimate of drug-likeness (QED) is 0.530. The van der Waals surface area contributed by atoms with Gasteiger partial charge in [0, 0.05) is 5.57 Å². The largest absolute Gasteiger partial charge is 0.412 e. The van der Waals surface area contributed by atoms with Gasteiger partial charge in [-0.3, -0.25) is 0 Å². The van der Waals surface area contributed by atoms with E-state index >= 15 is 0 Å². The predicted octanol–water partition coefficient (Wildman–Crippen LogP) is 3.07. The molecule has 0 fully saturated rings. The van der Waals surface area contributed by atoms with Crippen LogP contribution in [0, 0.1) is 0 Å². The lowest BCUT2D eigenvalue weighted by molar-refractivity contribution is -0.0935. The molecule has 0 rings (SSSR count). The van der Waals surface area contributed by atoms with Crippen LogP contribution in [0.5, 0.6) is 0 Å². The lowest BCUT2D eigenvalue weighted by Crippen LogP contribution is -2.10. The number of allylic oxidation sites excluding steroid dienone is 3. The highest BCUT2D eigenvalue weighted by Gasteiger charge is 2.31. The SMILES string of the molecule is C=C/C=C(\CC)C(F)(F)F. The number of hydrogen-bond donors (Lipinski definition) is 0. The maximum absolute atomic E-state index is 11.8. The Bertz CT molecular complexity index is 141. The summed E-state index contributed by atoms with van der Waals surface area (Å²) in [5.41, 5.74) is -0.539. The van der Waals surface area contributed by atoms with Gasteiger partial charge in [0.25, 0.3) is 0 Å². The molecule has 0 aliphatic heterocycles. The van der Waals surface area contributed by atoms with Crippen LogP contribution in [0.15, 0.2) is 24.3 Å². The zero-order valence-corrected chi connectivity index (χ0v) is 5.70. The lowest BCUT2D eigenvalue weighted by Gasteiger charge is -2.07. The summed E-state index contributed by atoms with van der Waals surface area (Å²) in [7, 11) is 0. The summed E-state index contributed by atoms with van der Waals surface area (Å²) in [5, 5.41) is 0. The van der Waals surface area contributed by atoms with Crippen LogP contribution in [0.1, 0.15) is 13.3 Å². The van der Waals surface area contributed by atoms with Crippen molar-refractivity contribution in [2.45, 2.75) is 19.5 Å². The first-order valence-corrected chi connectivity index (χ1v) is 2.91. The molecule has 0 aliphatic rings. The first-order valence-electron chi connectivity index (χ1n) is 2.91. The van der Waals surface area contributed by atoms with Gasteiger partial charge >= 0.3 is 6.18 Å². The minimum absolute atomic E-state index is 0.00444. The molecule has 3 heteroatoms. The third kappa shape index (κ3) is 2.71. The Morgan fingerprint density at radius 3 is 2.10 bits per heavy atom. The topological polar surface area (TPSA) is 0 Å². The summed E-state index contributed by atoms with van der Waals surface area (Å²) >= 11 is 0. The summed E-state index contributed by atoms with van der Waals surface area (Å²) in [4.78, 5) is 0. The van der Waals surface area contributed by atoms with Crippen LogP contribution >= 0.6 is 0 Å². The fourth-order valence-electron chi connectivity index (χ4n) is 0.555. The van der Waals surface area contributed by atoms with E-state index in [0.717, 1.165) is 12.2 Å². The van der Waals surface area contributed by atoms with Gasteiger partial charge in [-0.05, 0) is 6.42 Å². The Balaban J connectivity index is 4.35. The number of halogens is 3. The zero-order chi connectivity index (χ0) is 8.20. The Kier molecular flexibility index (Phi) is 3.19. The van der Waals surface area contributed by atoms with E-state index in [2.05, 4.69) is 6.58 Å². The second kappa shape index (κ2) is 3.44. The van der Waals surface area contributed by atoms with Crippen LogP contribution in [-0.4, -0.2) is 6.18 Å². The maximum Gasteiger partial charge on any atom is 0.412 e. The number of rotatable bonds is 2. The molecule has 0 nitrogen and oxygen atoms in total. The molecule has 0 aromatic heterocycles. The summed E-state index contributed by atoms with van der Waals surface area (Å²) in [6.07, 6.45) is -2.06. The molecule has 0 amide bonds. The molecule has 0 N–H and O–H groups in total. The van der Waals surface area contributed by atoms with Crippen LogP contribution < -0.4 is 0 Å². The van der Waals surface area contributed by atoms with Gasteiger partial charge in [-0.2, -0.15) is 13.2 Å². The van der Waals surface area contributed by atoms with Gasteiger partial charge in [0.05, 0.1) is 0 Å². The summed E-state index contributed by atoms with van der Waals surface area (Å²) < 4.78 is 35.4. The van der Waals surface area contributed by atoms with Crippen LogP contribution in [0.25, 0.3) is 0 Å². The van der Waals surface area contributed by atoms with Crippen molar-refractivity contribution < 1.29 is 13.2 Å².